The number of hydrogen-bond donors (Lipinski definition) is 0. The second kappa shape index (κ2) is 5.15. The van der Waals surface area contributed by atoms with Gasteiger partial charge in [-0.1, -0.05) is 26.7 Å². The maximum atomic E-state index is 5.52. The third-order valence-corrected chi connectivity index (χ3v) is 2.41. The highest BCUT2D eigenvalue weighted by Crippen LogP contribution is 2.31. The monoisotopic (exact) mass is 184 g/mol. The Kier molecular flexibility index (Phi) is 4.13. The van der Waals surface area contributed by atoms with Gasteiger partial charge in [0.1, 0.15) is 12.5 Å². The molecule has 1 rings (SSSR count). The standard InChI is InChI=1S/C11H20O2/c1-3-5-6-8-11(7-4-2)12-9-10-13-11/h9-10H,3-8H2,1-2H3. The van der Waals surface area contributed by atoms with Crippen molar-refractivity contribution in [2.24, 2.45) is 0 Å². The minimum Gasteiger partial charge on any atom is -0.457 e. The fourth-order valence-electron chi connectivity index (χ4n) is 1.72. The molecule has 1 heterocycles. The van der Waals surface area contributed by atoms with Crippen LogP contribution in [0.3, 0.4) is 0 Å². The summed E-state index contributed by atoms with van der Waals surface area (Å²) in [5, 5.41) is 0. The molecule has 0 unspecified atom stereocenters. The smallest absolute Gasteiger partial charge is 0.249 e. The maximum Gasteiger partial charge on any atom is 0.249 e. The Morgan fingerprint density at radius 1 is 0.923 bits per heavy atom. The van der Waals surface area contributed by atoms with Crippen LogP contribution in [0.25, 0.3) is 0 Å². The van der Waals surface area contributed by atoms with Gasteiger partial charge in [-0.3, -0.25) is 0 Å². The van der Waals surface area contributed by atoms with Crippen molar-refractivity contribution < 1.29 is 9.47 Å². The van der Waals surface area contributed by atoms with Crippen LogP contribution in [0.1, 0.15) is 52.4 Å². The molecular weight excluding hydrogens is 164 g/mol. The minimum absolute atomic E-state index is 0.316. The van der Waals surface area contributed by atoms with Gasteiger partial charge in [0.15, 0.2) is 0 Å². The average Bonchev–Trinajstić information content (AvgIpc) is 2.55. The number of unbranched alkanes of at least 4 members (excludes halogenated alkanes) is 2. The molecule has 0 saturated heterocycles. The molecule has 0 radical (unpaired) electrons. The molecule has 0 saturated carbocycles. The summed E-state index contributed by atoms with van der Waals surface area (Å²) in [4.78, 5) is 0. The lowest BCUT2D eigenvalue weighted by Crippen LogP contribution is -2.29. The van der Waals surface area contributed by atoms with Gasteiger partial charge in [-0.15, -0.1) is 0 Å². The highest BCUT2D eigenvalue weighted by atomic mass is 16.7. The number of hydrogen-bond acceptors (Lipinski definition) is 2. The first-order valence-corrected chi connectivity index (χ1v) is 5.33. The normalized spacial score (nSPS) is 18.3. The molecule has 1 aliphatic heterocycles. The Morgan fingerprint density at radius 2 is 1.62 bits per heavy atom. The third-order valence-electron chi connectivity index (χ3n) is 2.41. The quantitative estimate of drug-likeness (QED) is 0.587. The molecule has 0 amide bonds. The van der Waals surface area contributed by atoms with Gasteiger partial charge in [-0.2, -0.15) is 0 Å². The topological polar surface area (TPSA) is 18.5 Å². The summed E-state index contributed by atoms with van der Waals surface area (Å²) < 4.78 is 11.0. The molecular formula is C11H20O2. The van der Waals surface area contributed by atoms with Gasteiger partial charge in [0.05, 0.1) is 0 Å². The predicted octanol–water partition coefficient (Wildman–Crippen LogP) is 3.58. The van der Waals surface area contributed by atoms with Crippen molar-refractivity contribution in [1.82, 2.24) is 0 Å². The van der Waals surface area contributed by atoms with Crippen LogP contribution >= 0.6 is 0 Å². The molecule has 0 bridgehead atoms. The summed E-state index contributed by atoms with van der Waals surface area (Å²) in [7, 11) is 0. The van der Waals surface area contributed by atoms with E-state index in [-0.39, 0.29) is 5.79 Å². The van der Waals surface area contributed by atoms with Gasteiger partial charge in [-0.25, -0.2) is 0 Å². The SMILES string of the molecule is CCCCCC1(CCC)OC=CO1. The molecule has 13 heavy (non-hydrogen) atoms. The highest BCUT2D eigenvalue weighted by molar-refractivity contribution is 4.83. The summed E-state index contributed by atoms with van der Waals surface area (Å²) in [6.45, 7) is 4.37. The average molecular weight is 184 g/mol. The Balaban J connectivity index is 2.30. The van der Waals surface area contributed by atoms with Crippen LogP contribution in [0.4, 0.5) is 0 Å². The molecule has 76 valence electrons. The third kappa shape index (κ3) is 2.94. The second-order valence-electron chi connectivity index (χ2n) is 3.63. The Bertz CT molecular complexity index is 155. The predicted molar refractivity (Wildman–Crippen MR) is 53.1 cm³/mol. The molecule has 0 atom stereocenters. The van der Waals surface area contributed by atoms with Gasteiger partial charge in [0.25, 0.3) is 0 Å². The fourth-order valence-corrected chi connectivity index (χ4v) is 1.72. The number of rotatable bonds is 6. The zero-order valence-electron chi connectivity index (χ0n) is 8.71. The molecule has 0 aromatic heterocycles. The molecule has 0 N–H and O–H groups in total. The van der Waals surface area contributed by atoms with E-state index >= 15 is 0 Å². The lowest BCUT2D eigenvalue weighted by molar-refractivity contribution is -0.152. The molecule has 0 aromatic carbocycles. The van der Waals surface area contributed by atoms with Crippen LogP contribution in [0, 0.1) is 0 Å². The van der Waals surface area contributed by atoms with E-state index in [0.717, 1.165) is 19.3 Å². The summed E-state index contributed by atoms with van der Waals surface area (Å²) in [5.74, 6) is -0.316. The van der Waals surface area contributed by atoms with E-state index < -0.39 is 0 Å². The van der Waals surface area contributed by atoms with E-state index in [0.29, 0.717) is 0 Å². The fraction of sp³-hybridized carbons (Fsp3) is 0.818. The van der Waals surface area contributed by atoms with Gasteiger partial charge < -0.3 is 9.47 Å². The highest BCUT2D eigenvalue weighted by Gasteiger charge is 2.33. The van der Waals surface area contributed by atoms with Gasteiger partial charge >= 0.3 is 0 Å². The van der Waals surface area contributed by atoms with Crippen LogP contribution in [0.5, 0.6) is 0 Å². The van der Waals surface area contributed by atoms with Gasteiger partial charge in [-0.05, 0) is 12.8 Å². The van der Waals surface area contributed by atoms with Crippen molar-refractivity contribution in [2.75, 3.05) is 0 Å². The van der Waals surface area contributed by atoms with Crippen molar-refractivity contribution >= 4 is 0 Å². The molecule has 0 aromatic rings. The van der Waals surface area contributed by atoms with Crippen LogP contribution < -0.4 is 0 Å². The van der Waals surface area contributed by atoms with E-state index in [1.165, 1.54) is 19.3 Å². The summed E-state index contributed by atoms with van der Waals surface area (Å²) in [6, 6.07) is 0. The largest absolute Gasteiger partial charge is 0.457 e. The molecule has 0 fully saturated rings. The first-order valence-electron chi connectivity index (χ1n) is 5.33. The molecule has 1 aliphatic rings. The molecule has 0 spiro atoms. The lowest BCUT2D eigenvalue weighted by atomic mass is 10.0. The first kappa shape index (κ1) is 10.4. The Labute approximate surface area is 80.9 Å². The summed E-state index contributed by atoms with van der Waals surface area (Å²) in [5.41, 5.74) is 0. The van der Waals surface area contributed by atoms with Crippen LogP contribution in [-0.4, -0.2) is 5.79 Å². The summed E-state index contributed by atoms with van der Waals surface area (Å²) in [6.07, 6.45) is 10.1. The van der Waals surface area contributed by atoms with Gasteiger partial charge in [0.2, 0.25) is 5.79 Å². The van der Waals surface area contributed by atoms with Crippen molar-refractivity contribution in [3.8, 4) is 0 Å². The van der Waals surface area contributed by atoms with E-state index in [1.807, 2.05) is 0 Å². The maximum absolute atomic E-state index is 5.52. The van der Waals surface area contributed by atoms with Gasteiger partial charge in [0, 0.05) is 12.8 Å². The Morgan fingerprint density at radius 3 is 2.15 bits per heavy atom. The van der Waals surface area contributed by atoms with Crippen molar-refractivity contribution in [2.45, 2.75) is 58.2 Å². The van der Waals surface area contributed by atoms with E-state index in [4.69, 9.17) is 9.47 Å². The van der Waals surface area contributed by atoms with E-state index in [1.54, 1.807) is 12.5 Å². The molecule has 0 aliphatic carbocycles. The minimum atomic E-state index is -0.316. The Hall–Kier alpha value is -0.660. The van der Waals surface area contributed by atoms with Crippen molar-refractivity contribution in [1.29, 1.82) is 0 Å². The van der Waals surface area contributed by atoms with Crippen LogP contribution in [0.15, 0.2) is 12.5 Å². The zero-order valence-corrected chi connectivity index (χ0v) is 8.71. The van der Waals surface area contributed by atoms with Crippen molar-refractivity contribution in [3.63, 3.8) is 0 Å². The molecule has 2 nitrogen and oxygen atoms in total. The lowest BCUT2D eigenvalue weighted by Gasteiger charge is -2.27. The first-order chi connectivity index (χ1) is 6.33. The van der Waals surface area contributed by atoms with Crippen LogP contribution in [0.2, 0.25) is 0 Å². The van der Waals surface area contributed by atoms with Crippen LogP contribution in [-0.2, 0) is 9.47 Å². The van der Waals surface area contributed by atoms with Crippen molar-refractivity contribution in [3.05, 3.63) is 12.5 Å². The zero-order chi connectivity index (χ0) is 9.57. The molecule has 2 heteroatoms. The second-order valence-corrected chi connectivity index (χ2v) is 3.63. The summed E-state index contributed by atoms with van der Waals surface area (Å²) >= 11 is 0. The number of ether oxygens (including phenoxy) is 2. The van der Waals surface area contributed by atoms with E-state index in [2.05, 4.69) is 13.8 Å². The van der Waals surface area contributed by atoms with E-state index in [9.17, 15) is 0 Å².